The standard InChI is InChI=1S/C31H39ClO6/c1-6-29(4)17-24(38-26(35)18-37-25(34)11-10-21-8-7-9-22(32)16-21)30(5)19(2)12-14-31(20(3)28(29)36)15-13-23(33)27(30)31/h6-11,16,19-20,24,27-28,36H,1,12-15,17-18H2,2-5H3/b11-10+/t19-,20-,24+,27-,28-,29?,30-,31?/m0/s1. The van der Waals surface area contributed by atoms with Crippen LogP contribution in [0.25, 0.3) is 6.08 Å². The Hall–Kier alpha value is -2.44. The van der Waals surface area contributed by atoms with Crippen molar-refractivity contribution in [3.8, 4) is 0 Å². The third-order valence-electron chi connectivity index (χ3n) is 10.2. The van der Waals surface area contributed by atoms with Gasteiger partial charge in [-0.05, 0) is 66.7 Å². The number of ketones is 1. The number of rotatable bonds is 6. The smallest absolute Gasteiger partial charge is 0.344 e. The van der Waals surface area contributed by atoms with Gasteiger partial charge >= 0.3 is 11.9 Å². The lowest BCUT2D eigenvalue weighted by Gasteiger charge is -2.61. The van der Waals surface area contributed by atoms with Gasteiger partial charge < -0.3 is 14.6 Å². The Bertz CT molecular complexity index is 1140. The molecule has 2 unspecified atom stereocenters. The Morgan fingerprint density at radius 1 is 1.24 bits per heavy atom. The van der Waals surface area contributed by atoms with Gasteiger partial charge in [-0.2, -0.15) is 0 Å². The van der Waals surface area contributed by atoms with Crippen molar-refractivity contribution in [2.45, 2.75) is 72.0 Å². The third-order valence-corrected chi connectivity index (χ3v) is 10.4. The van der Waals surface area contributed by atoms with Gasteiger partial charge in [0.05, 0.1) is 6.10 Å². The van der Waals surface area contributed by atoms with Crippen LogP contribution in [0.2, 0.25) is 5.02 Å². The molecule has 0 heterocycles. The highest BCUT2D eigenvalue weighted by Gasteiger charge is 2.68. The van der Waals surface area contributed by atoms with E-state index in [0.29, 0.717) is 17.9 Å². The molecular formula is C31H39ClO6. The highest BCUT2D eigenvalue weighted by molar-refractivity contribution is 6.30. The van der Waals surface area contributed by atoms with Crippen molar-refractivity contribution >= 4 is 35.4 Å². The number of carbonyl (C=O) groups excluding carboxylic acids is 3. The lowest BCUT2D eigenvalue weighted by atomic mass is 9.44. The van der Waals surface area contributed by atoms with E-state index < -0.39 is 41.6 Å². The lowest BCUT2D eigenvalue weighted by Crippen LogP contribution is -2.63. The van der Waals surface area contributed by atoms with Crippen LogP contribution in [-0.4, -0.2) is 41.6 Å². The molecule has 1 aromatic rings. The topological polar surface area (TPSA) is 89.9 Å². The lowest BCUT2D eigenvalue weighted by molar-refractivity contribution is -0.208. The molecule has 4 rings (SSSR count). The number of ether oxygens (including phenoxy) is 2. The first-order chi connectivity index (χ1) is 17.9. The van der Waals surface area contributed by atoms with Gasteiger partial charge in [0.25, 0.3) is 0 Å². The average molecular weight is 543 g/mol. The first kappa shape index (κ1) is 28.6. The molecule has 3 fully saturated rings. The summed E-state index contributed by atoms with van der Waals surface area (Å²) in [6.45, 7) is 11.7. The van der Waals surface area contributed by atoms with Crippen LogP contribution in [-0.2, 0) is 23.9 Å². The predicted molar refractivity (Wildman–Crippen MR) is 146 cm³/mol. The van der Waals surface area contributed by atoms with Crippen molar-refractivity contribution in [1.82, 2.24) is 0 Å². The highest BCUT2D eigenvalue weighted by Crippen LogP contribution is 2.67. The molecule has 206 valence electrons. The molecule has 3 aliphatic rings. The second-order valence-electron chi connectivity index (χ2n) is 12.1. The highest BCUT2D eigenvalue weighted by atomic mass is 35.5. The first-order valence-electron chi connectivity index (χ1n) is 13.5. The van der Waals surface area contributed by atoms with E-state index in [9.17, 15) is 19.5 Å². The van der Waals surface area contributed by atoms with Crippen molar-refractivity contribution in [2.24, 2.45) is 34.0 Å². The zero-order chi connectivity index (χ0) is 27.9. The Balaban J connectivity index is 1.56. The molecule has 0 spiro atoms. The molecule has 3 saturated carbocycles. The van der Waals surface area contributed by atoms with E-state index in [2.05, 4.69) is 27.4 Å². The number of carbonyl (C=O) groups is 3. The summed E-state index contributed by atoms with van der Waals surface area (Å²) in [5, 5.41) is 12.1. The van der Waals surface area contributed by atoms with Crippen LogP contribution in [0.3, 0.4) is 0 Å². The molecule has 2 bridgehead atoms. The minimum Gasteiger partial charge on any atom is -0.459 e. The second kappa shape index (κ2) is 10.6. The van der Waals surface area contributed by atoms with Gasteiger partial charge in [-0.3, -0.25) is 4.79 Å². The molecular weight excluding hydrogens is 504 g/mol. The van der Waals surface area contributed by atoms with Crippen molar-refractivity contribution in [2.75, 3.05) is 6.61 Å². The fraction of sp³-hybridized carbons (Fsp3) is 0.581. The average Bonchev–Trinajstić information content (AvgIpc) is 3.24. The number of aliphatic hydroxyl groups excluding tert-OH is 1. The maximum absolute atomic E-state index is 13.4. The molecule has 0 amide bonds. The van der Waals surface area contributed by atoms with E-state index in [1.165, 1.54) is 6.08 Å². The van der Waals surface area contributed by atoms with Crippen LogP contribution >= 0.6 is 11.6 Å². The van der Waals surface area contributed by atoms with Gasteiger partial charge in [0, 0.05) is 34.3 Å². The van der Waals surface area contributed by atoms with Gasteiger partial charge in [-0.15, -0.1) is 6.58 Å². The molecule has 6 nitrogen and oxygen atoms in total. The summed E-state index contributed by atoms with van der Waals surface area (Å²) in [4.78, 5) is 38.8. The molecule has 0 saturated heterocycles. The molecule has 0 radical (unpaired) electrons. The maximum Gasteiger partial charge on any atom is 0.344 e. The largest absolute Gasteiger partial charge is 0.459 e. The second-order valence-corrected chi connectivity index (χ2v) is 12.5. The van der Waals surface area contributed by atoms with Gasteiger partial charge in [-0.25, -0.2) is 9.59 Å². The number of aliphatic hydroxyl groups is 1. The van der Waals surface area contributed by atoms with E-state index in [1.54, 1.807) is 36.4 Å². The van der Waals surface area contributed by atoms with E-state index in [4.69, 9.17) is 21.1 Å². The van der Waals surface area contributed by atoms with Crippen molar-refractivity contribution in [3.05, 3.63) is 53.6 Å². The van der Waals surface area contributed by atoms with Crippen LogP contribution in [0.5, 0.6) is 0 Å². The Kier molecular flexibility index (Phi) is 7.98. The molecule has 3 aliphatic carbocycles. The van der Waals surface area contributed by atoms with Crippen molar-refractivity contribution in [3.63, 3.8) is 0 Å². The van der Waals surface area contributed by atoms with E-state index in [-0.39, 0.29) is 29.0 Å². The normalized spacial score (nSPS) is 38.7. The van der Waals surface area contributed by atoms with Crippen LogP contribution in [0.1, 0.15) is 65.4 Å². The summed E-state index contributed by atoms with van der Waals surface area (Å²) in [5.41, 5.74) is -0.948. The van der Waals surface area contributed by atoms with Gasteiger partial charge in [0.1, 0.15) is 11.9 Å². The number of benzene rings is 1. The van der Waals surface area contributed by atoms with Crippen LogP contribution in [0.15, 0.2) is 43.0 Å². The Morgan fingerprint density at radius 2 is 1.97 bits per heavy atom. The molecule has 1 aromatic carbocycles. The molecule has 38 heavy (non-hydrogen) atoms. The van der Waals surface area contributed by atoms with Gasteiger partial charge in [-0.1, -0.05) is 57.5 Å². The van der Waals surface area contributed by atoms with E-state index >= 15 is 0 Å². The van der Waals surface area contributed by atoms with Crippen molar-refractivity contribution in [1.29, 1.82) is 0 Å². The number of Topliss-reactive ketones (excluding diaryl/α,β-unsaturated/α-hetero) is 1. The molecule has 0 aromatic heterocycles. The molecule has 1 N–H and O–H groups in total. The van der Waals surface area contributed by atoms with Crippen LogP contribution in [0, 0.1) is 34.0 Å². The summed E-state index contributed by atoms with van der Waals surface area (Å²) in [7, 11) is 0. The first-order valence-corrected chi connectivity index (χ1v) is 13.9. The van der Waals surface area contributed by atoms with Crippen LogP contribution < -0.4 is 0 Å². The van der Waals surface area contributed by atoms with E-state index in [1.807, 2.05) is 6.92 Å². The van der Waals surface area contributed by atoms with Gasteiger partial charge in [0.15, 0.2) is 6.61 Å². The number of hydrogen-bond donors (Lipinski definition) is 1. The summed E-state index contributed by atoms with van der Waals surface area (Å²) in [6, 6.07) is 7.00. The summed E-state index contributed by atoms with van der Waals surface area (Å²) < 4.78 is 11.3. The Labute approximate surface area is 230 Å². The third kappa shape index (κ3) is 4.86. The van der Waals surface area contributed by atoms with Gasteiger partial charge in [0.2, 0.25) is 0 Å². The summed E-state index contributed by atoms with van der Waals surface area (Å²) >= 11 is 5.97. The minimum atomic E-state index is -0.734. The maximum atomic E-state index is 13.4. The minimum absolute atomic E-state index is 0.0994. The molecule has 7 heteroatoms. The fourth-order valence-electron chi connectivity index (χ4n) is 7.65. The van der Waals surface area contributed by atoms with Crippen molar-refractivity contribution < 1.29 is 29.0 Å². The SMILES string of the molecule is C=CC1(C)C[C@@H](OC(=O)COC(=O)/C=C/c2cccc(Cl)c2)[C@@]2(C)[C@@H]3C(=O)CCC3(CC[C@@H]2C)[C@@H](C)[C@@H]1O. The fourth-order valence-corrected chi connectivity index (χ4v) is 7.85. The molecule has 0 aliphatic heterocycles. The number of halogens is 1. The predicted octanol–water partition coefficient (Wildman–Crippen LogP) is 5.80. The Morgan fingerprint density at radius 3 is 2.66 bits per heavy atom. The summed E-state index contributed by atoms with van der Waals surface area (Å²) in [5.74, 6) is -1.44. The van der Waals surface area contributed by atoms with Crippen LogP contribution in [0.4, 0.5) is 0 Å². The number of esters is 2. The zero-order valence-corrected chi connectivity index (χ0v) is 23.5. The van der Waals surface area contributed by atoms with E-state index in [0.717, 1.165) is 24.8 Å². The quantitative estimate of drug-likeness (QED) is 0.277. The monoisotopic (exact) mass is 542 g/mol. The number of hydrogen-bond acceptors (Lipinski definition) is 6. The molecule has 8 atom stereocenters. The summed E-state index contributed by atoms with van der Waals surface area (Å²) in [6.07, 6.45) is 6.46. The zero-order valence-electron chi connectivity index (χ0n) is 22.7.